The Kier molecular flexibility index (Phi) is 4.36. The molecule has 1 saturated heterocycles. The predicted octanol–water partition coefficient (Wildman–Crippen LogP) is 0.596. The number of likely N-dealkylation sites (tertiary alicyclic amines) is 1. The highest BCUT2D eigenvalue weighted by atomic mass is 16.2. The second kappa shape index (κ2) is 6.02. The lowest BCUT2D eigenvalue weighted by atomic mass is 9.80. The van der Waals surface area contributed by atoms with Gasteiger partial charge in [0.15, 0.2) is 0 Å². The highest BCUT2D eigenvalue weighted by Crippen LogP contribution is 2.37. The molecule has 4 amide bonds. The summed E-state index contributed by atoms with van der Waals surface area (Å²) in [5.74, 6) is -0.677. The molecule has 1 aliphatic heterocycles. The number of urea groups is 1. The fraction of sp³-hybridized carbons (Fsp3) is 0.692. The number of hydrazone groups is 1. The number of rotatable bonds is 4. The van der Waals surface area contributed by atoms with E-state index in [0.29, 0.717) is 25.8 Å². The number of primary amides is 1. The van der Waals surface area contributed by atoms with Crippen LogP contribution in [0.2, 0.25) is 0 Å². The van der Waals surface area contributed by atoms with Crippen molar-refractivity contribution in [3.63, 3.8) is 0 Å². The van der Waals surface area contributed by atoms with Crippen LogP contribution in [0.4, 0.5) is 4.79 Å². The number of carbonyl (C=O) groups is 3. The van der Waals surface area contributed by atoms with Gasteiger partial charge in [-0.15, -0.1) is 0 Å². The molecule has 2 atom stereocenters. The van der Waals surface area contributed by atoms with Crippen LogP contribution in [0.15, 0.2) is 5.10 Å². The Morgan fingerprint density at radius 3 is 2.75 bits per heavy atom. The van der Waals surface area contributed by atoms with Gasteiger partial charge in [0.2, 0.25) is 11.8 Å². The van der Waals surface area contributed by atoms with Crippen molar-refractivity contribution in [2.75, 3.05) is 6.54 Å². The lowest BCUT2D eigenvalue weighted by molar-refractivity contribution is -0.139. The summed E-state index contributed by atoms with van der Waals surface area (Å²) in [7, 11) is 0. The minimum Gasteiger partial charge on any atom is -0.350 e. The molecule has 110 valence electrons. The van der Waals surface area contributed by atoms with Crippen LogP contribution in [0, 0.1) is 11.8 Å². The topological polar surface area (TPSA) is 105 Å². The van der Waals surface area contributed by atoms with E-state index in [1.165, 1.54) is 4.90 Å². The smallest absolute Gasteiger partial charge is 0.332 e. The summed E-state index contributed by atoms with van der Waals surface area (Å²) >= 11 is 0. The summed E-state index contributed by atoms with van der Waals surface area (Å²) in [6.45, 7) is 2.53. The number of nitrogens with one attached hydrogen (secondary N) is 1. The first kappa shape index (κ1) is 14.5. The van der Waals surface area contributed by atoms with Gasteiger partial charge >= 0.3 is 6.03 Å². The molecular weight excluding hydrogens is 260 g/mol. The Balaban J connectivity index is 2.05. The van der Waals surface area contributed by atoms with Gasteiger partial charge in [0.05, 0.1) is 11.8 Å². The normalized spacial score (nSPS) is 27.9. The molecule has 0 bridgehead atoms. The van der Waals surface area contributed by atoms with Crippen molar-refractivity contribution >= 4 is 23.6 Å². The first-order valence-corrected chi connectivity index (χ1v) is 7.00. The zero-order valence-corrected chi connectivity index (χ0v) is 11.6. The molecule has 0 aromatic rings. The molecule has 1 heterocycles. The van der Waals surface area contributed by atoms with Gasteiger partial charge in [-0.1, -0.05) is 13.3 Å². The van der Waals surface area contributed by atoms with Crippen LogP contribution >= 0.6 is 0 Å². The van der Waals surface area contributed by atoms with Crippen molar-refractivity contribution in [3.8, 4) is 0 Å². The van der Waals surface area contributed by atoms with Crippen LogP contribution in [0.5, 0.6) is 0 Å². The minimum atomic E-state index is -0.724. The van der Waals surface area contributed by atoms with Gasteiger partial charge in [-0.2, -0.15) is 5.10 Å². The third-order valence-corrected chi connectivity index (χ3v) is 3.91. The molecule has 7 nitrogen and oxygen atoms in total. The number of hydrogen-bond acceptors (Lipinski definition) is 4. The van der Waals surface area contributed by atoms with E-state index in [1.807, 2.05) is 6.92 Å². The maximum absolute atomic E-state index is 12.3. The first-order valence-electron chi connectivity index (χ1n) is 7.00. The molecule has 0 unspecified atom stereocenters. The first-order chi connectivity index (χ1) is 9.54. The SMILES string of the molecule is CCCCN1C(=O)[C@H]2CC/C(=N\NC(N)=O)C[C@H]2C1=O. The average Bonchev–Trinajstić information content (AvgIpc) is 2.66. The molecule has 0 aromatic heterocycles. The molecule has 2 fully saturated rings. The van der Waals surface area contributed by atoms with E-state index >= 15 is 0 Å². The molecule has 1 saturated carbocycles. The van der Waals surface area contributed by atoms with Crippen LogP contribution in [-0.4, -0.2) is 35.0 Å². The number of imide groups is 1. The zero-order chi connectivity index (χ0) is 14.7. The lowest BCUT2D eigenvalue weighted by Gasteiger charge is -2.21. The van der Waals surface area contributed by atoms with E-state index in [1.54, 1.807) is 0 Å². The molecule has 1 aliphatic carbocycles. The highest BCUT2D eigenvalue weighted by molar-refractivity contribution is 6.08. The van der Waals surface area contributed by atoms with Crippen molar-refractivity contribution in [2.45, 2.75) is 39.0 Å². The second-order valence-electron chi connectivity index (χ2n) is 5.29. The van der Waals surface area contributed by atoms with E-state index < -0.39 is 6.03 Å². The molecule has 0 aromatic carbocycles. The van der Waals surface area contributed by atoms with E-state index in [2.05, 4.69) is 10.5 Å². The Bertz CT molecular complexity index is 461. The number of unbranched alkanes of at least 4 members (excludes halogenated alkanes) is 1. The number of nitrogens with zero attached hydrogens (tertiary/aromatic N) is 2. The van der Waals surface area contributed by atoms with Gasteiger partial charge in [0.25, 0.3) is 0 Å². The third kappa shape index (κ3) is 2.81. The summed E-state index contributed by atoms with van der Waals surface area (Å²) in [6.07, 6.45) is 3.43. The van der Waals surface area contributed by atoms with E-state index in [0.717, 1.165) is 18.6 Å². The standard InChI is InChI=1S/C13H20N4O3/c1-2-3-6-17-11(18)9-5-4-8(15-16-13(14)20)7-10(9)12(17)19/h9-10H,2-7H2,1H3,(H3,14,16,20)/b15-8+/t9-,10+/m0/s1. The Hall–Kier alpha value is -1.92. The molecule has 0 spiro atoms. The third-order valence-electron chi connectivity index (χ3n) is 3.91. The summed E-state index contributed by atoms with van der Waals surface area (Å²) in [5.41, 5.74) is 7.87. The summed E-state index contributed by atoms with van der Waals surface area (Å²) in [5, 5.41) is 3.90. The van der Waals surface area contributed by atoms with Crippen molar-refractivity contribution in [3.05, 3.63) is 0 Å². The molecule has 7 heteroatoms. The van der Waals surface area contributed by atoms with Gasteiger partial charge in [0.1, 0.15) is 0 Å². The Morgan fingerprint density at radius 2 is 2.10 bits per heavy atom. The van der Waals surface area contributed by atoms with Gasteiger partial charge in [-0.05, 0) is 25.7 Å². The number of fused-ring (bicyclic) bond motifs is 1. The van der Waals surface area contributed by atoms with Crippen LogP contribution in [0.3, 0.4) is 0 Å². The van der Waals surface area contributed by atoms with Crippen molar-refractivity contribution in [1.29, 1.82) is 0 Å². The molecule has 0 radical (unpaired) electrons. The van der Waals surface area contributed by atoms with Gasteiger partial charge in [-0.3, -0.25) is 14.5 Å². The predicted molar refractivity (Wildman–Crippen MR) is 72.6 cm³/mol. The van der Waals surface area contributed by atoms with Gasteiger partial charge in [-0.25, -0.2) is 10.2 Å². The summed E-state index contributed by atoms with van der Waals surface area (Å²) in [6, 6.07) is -0.724. The lowest BCUT2D eigenvalue weighted by Crippen LogP contribution is -2.32. The fourth-order valence-electron chi connectivity index (χ4n) is 2.86. The van der Waals surface area contributed by atoms with Crippen molar-refractivity contribution in [2.24, 2.45) is 22.7 Å². The minimum absolute atomic E-state index is 0.0460. The van der Waals surface area contributed by atoms with E-state index in [4.69, 9.17) is 5.73 Å². The van der Waals surface area contributed by atoms with Gasteiger partial charge < -0.3 is 5.73 Å². The number of carbonyl (C=O) groups excluding carboxylic acids is 3. The second-order valence-corrected chi connectivity index (χ2v) is 5.29. The number of amides is 4. The van der Waals surface area contributed by atoms with E-state index in [-0.39, 0.29) is 23.7 Å². The van der Waals surface area contributed by atoms with Crippen LogP contribution in [0.1, 0.15) is 39.0 Å². The molecular formula is C13H20N4O3. The summed E-state index contributed by atoms with van der Waals surface area (Å²) in [4.78, 5) is 36.5. The fourth-order valence-corrected chi connectivity index (χ4v) is 2.86. The Morgan fingerprint density at radius 1 is 1.40 bits per heavy atom. The quantitative estimate of drug-likeness (QED) is 0.581. The maximum atomic E-state index is 12.3. The molecule has 2 aliphatic rings. The molecule has 20 heavy (non-hydrogen) atoms. The average molecular weight is 280 g/mol. The maximum Gasteiger partial charge on any atom is 0.332 e. The van der Waals surface area contributed by atoms with Crippen molar-refractivity contribution < 1.29 is 14.4 Å². The molecule has 3 N–H and O–H groups in total. The summed E-state index contributed by atoms with van der Waals surface area (Å²) < 4.78 is 0. The number of hydrogen-bond donors (Lipinski definition) is 2. The zero-order valence-electron chi connectivity index (χ0n) is 11.6. The van der Waals surface area contributed by atoms with Gasteiger partial charge in [0, 0.05) is 12.3 Å². The van der Waals surface area contributed by atoms with Crippen LogP contribution in [-0.2, 0) is 9.59 Å². The monoisotopic (exact) mass is 280 g/mol. The molecule has 2 rings (SSSR count). The van der Waals surface area contributed by atoms with Crippen LogP contribution in [0.25, 0.3) is 0 Å². The van der Waals surface area contributed by atoms with Crippen molar-refractivity contribution in [1.82, 2.24) is 10.3 Å². The Labute approximate surface area is 117 Å². The van der Waals surface area contributed by atoms with E-state index in [9.17, 15) is 14.4 Å². The highest BCUT2D eigenvalue weighted by Gasteiger charge is 2.49. The van der Waals surface area contributed by atoms with Crippen LogP contribution < -0.4 is 11.2 Å². The number of nitrogens with two attached hydrogens (primary N) is 1. The largest absolute Gasteiger partial charge is 0.350 e.